The maximum absolute atomic E-state index is 13.4. The number of piperidine rings is 2. The van der Waals surface area contributed by atoms with Gasteiger partial charge in [-0.05, 0) is 67.5 Å². The van der Waals surface area contributed by atoms with Crippen LogP contribution in [0.15, 0.2) is 48.5 Å². The number of methoxy groups -OCH3 is 2. The van der Waals surface area contributed by atoms with E-state index in [4.69, 9.17) is 9.47 Å². The summed E-state index contributed by atoms with van der Waals surface area (Å²) in [5, 5.41) is 3.00. The molecule has 0 radical (unpaired) electrons. The van der Waals surface area contributed by atoms with Gasteiger partial charge in [0.25, 0.3) is 0 Å². The molecule has 1 N–H and O–H groups in total. The molecule has 4 rings (SSSR count). The van der Waals surface area contributed by atoms with E-state index in [9.17, 15) is 9.59 Å². The van der Waals surface area contributed by atoms with E-state index in [1.807, 2.05) is 24.3 Å². The molecule has 2 aliphatic rings. The van der Waals surface area contributed by atoms with Crippen molar-refractivity contribution < 1.29 is 19.1 Å². The standard InChI is InChI=1S/C30H42N4O4/c1-37-19-18-34(29(36)31-22-25-8-7-11-28(21-25)38-2)30(24-35)12-16-32(17-13-30)23-26-9-6-10-27(20-26)33-14-4-3-5-15-33/h6-11,20-21,24H,3-5,12-19,22-23H2,1-2H3,(H,31,36). The second-order valence-corrected chi connectivity index (χ2v) is 10.4. The highest BCUT2D eigenvalue weighted by Crippen LogP contribution is 2.29. The topological polar surface area (TPSA) is 74.3 Å². The fraction of sp³-hybridized carbons (Fsp3) is 0.533. The van der Waals surface area contributed by atoms with Gasteiger partial charge in [-0.15, -0.1) is 0 Å². The Hall–Kier alpha value is -3.10. The van der Waals surface area contributed by atoms with Gasteiger partial charge in [-0.3, -0.25) is 4.90 Å². The number of carbonyl (C=O) groups is 2. The lowest BCUT2D eigenvalue weighted by Crippen LogP contribution is -2.61. The first-order valence-electron chi connectivity index (χ1n) is 13.8. The Balaban J connectivity index is 1.38. The van der Waals surface area contributed by atoms with Crippen LogP contribution in [-0.4, -0.2) is 81.2 Å². The zero-order valence-corrected chi connectivity index (χ0v) is 22.9. The number of likely N-dealkylation sites (tertiary alicyclic amines) is 1. The first kappa shape index (κ1) is 27.9. The lowest BCUT2D eigenvalue weighted by atomic mass is 9.87. The third kappa shape index (κ3) is 7.05. The van der Waals surface area contributed by atoms with E-state index in [0.29, 0.717) is 32.5 Å². The minimum atomic E-state index is -0.844. The second kappa shape index (κ2) is 13.6. The lowest BCUT2D eigenvalue weighted by Gasteiger charge is -2.45. The fourth-order valence-corrected chi connectivity index (χ4v) is 5.58. The second-order valence-electron chi connectivity index (χ2n) is 10.4. The van der Waals surface area contributed by atoms with E-state index in [-0.39, 0.29) is 6.03 Å². The molecule has 0 aromatic heterocycles. The van der Waals surface area contributed by atoms with Crippen molar-refractivity contribution in [2.75, 3.05) is 58.5 Å². The van der Waals surface area contributed by atoms with Crippen LogP contribution in [0.4, 0.5) is 10.5 Å². The number of rotatable bonds is 11. The summed E-state index contributed by atoms with van der Waals surface area (Å²) in [5.41, 5.74) is 2.69. The van der Waals surface area contributed by atoms with E-state index in [1.165, 1.54) is 30.5 Å². The molecule has 2 saturated heterocycles. The van der Waals surface area contributed by atoms with Crippen LogP contribution in [0, 0.1) is 0 Å². The predicted octanol–water partition coefficient (Wildman–Crippen LogP) is 4.08. The largest absolute Gasteiger partial charge is 0.497 e. The highest BCUT2D eigenvalue weighted by atomic mass is 16.5. The van der Waals surface area contributed by atoms with E-state index in [0.717, 1.165) is 50.3 Å². The van der Waals surface area contributed by atoms with Crippen molar-refractivity contribution in [2.45, 2.75) is 50.7 Å². The molecular formula is C30H42N4O4. The molecule has 2 heterocycles. The summed E-state index contributed by atoms with van der Waals surface area (Å²) in [6.45, 7) is 5.69. The predicted molar refractivity (Wildman–Crippen MR) is 150 cm³/mol. The molecule has 2 aromatic carbocycles. The van der Waals surface area contributed by atoms with Gasteiger partial charge in [0.15, 0.2) is 0 Å². The van der Waals surface area contributed by atoms with Crippen LogP contribution in [0.1, 0.15) is 43.2 Å². The summed E-state index contributed by atoms with van der Waals surface area (Å²) in [7, 11) is 3.23. The molecule has 0 spiro atoms. The molecule has 0 bridgehead atoms. The highest BCUT2D eigenvalue weighted by Gasteiger charge is 2.42. The van der Waals surface area contributed by atoms with E-state index < -0.39 is 5.54 Å². The van der Waals surface area contributed by atoms with E-state index in [1.54, 1.807) is 19.1 Å². The molecule has 8 nitrogen and oxygen atoms in total. The van der Waals surface area contributed by atoms with Crippen molar-refractivity contribution in [1.82, 2.24) is 15.1 Å². The van der Waals surface area contributed by atoms with Gasteiger partial charge in [0.2, 0.25) is 0 Å². The first-order chi connectivity index (χ1) is 18.6. The number of urea groups is 1. The van der Waals surface area contributed by atoms with Gasteiger partial charge in [-0.2, -0.15) is 0 Å². The van der Waals surface area contributed by atoms with Crippen LogP contribution in [-0.2, 0) is 22.6 Å². The lowest BCUT2D eigenvalue weighted by molar-refractivity contribution is -0.120. The molecule has 8 heteroatoms. The number of nitrogens with zero attached hydrogens (tertiary/aromatic N) is 3. The van der Waals surface area contributed by atoms with Crippen molar-refractivity contribution in [2.24, 2.45) is 0 Å². The molecule has 2 aliphatic heterocycles. The third-order valence-corrected chi connectivity index (χ3v) is 7.86. The Labute approximate surface area is 226 Å². The molecule has 206 valence electrons. The van der Waals surface area contributed by atoms with Crippen LogP contribution in [0.5, 0.6) is 5.75 Å². The van der Waals surface area contributed by atoms with Crippen molar-refractivity contribution in [1.29, 1.82) is 0 Å². The molecule has 2 fully saturated rings. The normalized spacial score (nSPS) is 17.6. The number of nitrogens with one attached hydrogen (secondary N) is 1. The van der Waals surface area contributed by atoms with Crippen molar-refractivity contribution in [3.05, 3.63) is 59.7 Å². The van der Waals surface area contributed by atoms with Gasteiger partial charge in [0.1, 0.15) is 17.6 Å². The monoisotopic (exact) mass is 522 g/mol. The smallest absolute Gasteiger partial charge is 0.318 e. The summed E-state index contributed by atoms with van der Waals surface area (Å²) in [6.07, 6.45) is 6.01. The average molecular weight is 523 g/mol. The van der Waals surface area contributed by atoms with Crippen LogP contribution in [0.2, 0.25) is 0 Å². The Kier molecular flexibility index (Phi) is 10.0. The summed E-state index contributed by atoms with van der Waals surface area (Å²) >= 11 is 0. The highest BCUT2D eigenvalue weighted by molar-refractivity contribution is 5.80. The number of amides is 2. The molecule has 0 atom stereocenters. The third-order valence-electron chi connectivity index (χ3n) is 7.86. The summed E-state index contributed by atoms with van der Waals surface area (Å²) in [6, 6.07) is 16.2. The van der Waals surface area contributed by atoms with Crippen LogP contribution >= 0.6 is 0 Å². The van der Waals surface area contributed by atoms with E-state index >= 15 is 0 Å². The quantitative estimate of drug-likeness (QED) is 0.449. The van der Waals surface area contributed by atoms with E-state index in [2.05, 4.69) is 39.4 Å². The Morgan fingerprint density at radius 2 is 1.74 bits per heavy atom. The molecule has 2 amide bonds. The molecule has 0 unspecified atom stereocenters. The SMILES string of the molecule is COCCN(C(=O)NCc1cccc(OC)c1)C1(C=O)CCN(Cc2cccc(N3CCCCC3)c2)CC1. The van der Waals surface area contributed by atoms with Gasteiger partial charge >= 0.3 is 6.03 Å². The zero-order valence-electron chi connectivity index (χ0n) is 22.9. The molecule has 0 saturated carbocycles. The Morgan fingerprint density at radius 1 is 1.00 bits per heavy atom. The van der Waals surface area contributed by atoms with Gasteiger partial charge in [-0.25, -0.2) is 4.79 Å². The number of hydrogen-bond donors (Lipinski definition) is 1. The minimum absolute atomic E-state index is 0.250. The minimum Gasteiger partial charge on any atom is -0.497 e. The van der Waals surface area contributed by atoms with Crippen molar-refractivity contribution in [3.63, 3.8) is 0 Å². The first-order valence-corrected chi connectivity index (χ1v) is 13.8. The molecular weight excluding hydrogens is 480 g/mol. The Morgan fingerprint density at radius 3 is 2.45 bits per heavy atom. The molecule has 0 aliphatic carbocycles. The van der Waals surface area contributed by atoms with Crippen molar-refractivity contribution in [3.8, 4) is 5.75 Å². The summed E-state index contributed by atoms with van der Waals surface area (Å²) in [5.74, 6) is 0.742. The fourth-order valence-electron chi connectivity index (χ4n) is 5.58. The van der Waals surface area contributed by atoms with Gasteiger partial charge in [0, 0.05) is 58.6 Å². The van der Waals surface area contributed by atoms with Gasteiger partial charge in [-0.1, -0.05) is 24.3 Å². The number of anilines is 1. The average Bonchev–Trinajstić information content (AvgIpc) is 2.98. The van der Waals surface area contributed by atoms with Gasteiger partial charge in [0.05, 0.1) is 13.7 Å². The number of ether oxygens (including phenoxy) is 2. The maximum atomic E-state index is 13.4. The van der Waals surface area contributed by atoms with Crippen molar-refractivity contribution >= 4 is 18.0 Å². The Bertz CT molecular complexity index is 1050. The number of benzene rings is 2. The number of carbonyl (C=O) groups excluding carboxylic acids is 2. The summed E-state index contributed by atoms with van der Waals surface area (Å²) < 4.78 is 10.6. The zero-order chi connectivity index (χ0) is 26.8. The maximum Gasteiger partial charge on any atom is 0.318 e. The molecule has 38 heavy (non-hydrogen) atoms. The number of hydrogen-bond acceptors (Lipinski definition) is 6. The van der Waals surface area contributed by atoms with Crippen LogP contribution < -0.4 is 15.0 Å². The molecule has 2 aromatic rings. The van der Waals surface area contributed by atoms with Gasteiger partial charge < -0.3 is 29.4 Å². The number of aldehydes is 1. The van der Waals surface area contributed by atoms with Crippen LogP contribution in [0.25, 0.3) is 0 Å². The summed E-state index contributed by atoms with van der Waals surface area (Å²) in [4.78, 5) is 32.4. The van der Waals surface area contributed by atoms with Crippen LogP contribution in [0.3, 0.4) is 0 Å².